The Hall–Kier alpha value is -1.43. The zero-order valence-electron chi connectivity index (χ0n) is 8.61. The molecule has 1 amide bonds. The van der Waals surface area contributed by atoms with Crippen molar-refractivity contribution in [2.75, 3.05) is 6.54 Å². The lowest BCUT2D eigenvalue weighted by Gasteiger charge is -2.18. The summed E-state index contributed by atoms with van der Waals surface area (Å²) in [5.74, 6) is -0.253. The number of nitrogens with one attached hydrogen (secondary N) is 1. The molecule has 0 atom stereocenters. The highest BCUT2D eigenvalue weighted by Gasteiger charge is 2.14. The number of nitrogens with zero attached hydrogens (tertiary/aromatic N) is 3. The van der Waals surface area contributed by atoms with Gasteiger partial charge in [-0.3, -0.25) is 4.79 Å². The van der Waals surface area contributed by atoms with E-state index in [1.807, 2.05) is 13.8 Å². The Morgan fingerprint density at radius 3 is 2.79 bits per heavy atom. The normalized spacial score (nSPS) is 11.4. The number of carbonyl (C=O) groups is 1. The van der Waals surface area contributed by atoms with E-state index in [2.05, 4.69) is 15.5 Å². The van der Waals surface area contributed by atoms with Gasteiger partial charge in [-0.15, -0.1) is 5.10 Å². The summed E-state index contributed by atoms with van der Waals surface area (Å²) in [5.41, 5.74) is 5.59. The molecule has 0 saturated carbocycles. The number of rotatable bonds is 3. The quantitative estimate of drug-likeness (QED) is 0.669. The summed E-state index contributed by atoms with van der Waals surface area (Å²) in [4.78, 5) is 12.8. The zero-order valence-corrected chi connectivity index (χ0v) is 8.61. The topological polar surface area (TPSA) is 85.8 Å². The predicted octanol–water partition coefficient (Wildman–Crippen LogP) is -0.718. The van der Waals surface area contributed by atoms with Gasteiger partial charge in [-0.1, -0.05) is 0 Å². The second-order valence-corrected chi connectivity index (χ2v) is 3.89. The van der Waals surface area contributed by atoms with E-state index >= 15 is 0 Å². The molecule has 0 aliphatic heterocycles. The molecule has 0 saturated heterocycles. The minimum Gasteiger partial charge on any atom is -0.349 e. The number of nitrogens with two attached hydrogens (primary N) is 1. The summed E-state index contributed by atoms with van der Waals surface area (Å²) in [6, 6.07) is 0. The second kappa shape index (κ2) is 3.75. The minimum atomic E-state index is -0.419. The van der Waals surface area contributed by atoms with Crippen molar-refractivity contribution in [2.24, 2.45) is 12.8 Å². The van der Waals surface area contributed by atoms with E-state index in [1.54, 1.807) is 7.05 Å². The lowest BCUT2D eigenvalue weighted by molar-refractivity contribution is 0.0940. The van der Waals surface area contributed by atoms with Crippen molar-refractivity contribution in [1.29, 1.82) is 0 Å². The summed E-state index contributed by atoms with van der Waals surface area (Å²) in [7, 11) is 1.66. The number of aryl methyl sites for hydroxylation is 1. The number of aromatic nitrogens is 3. The average Bonchev–Trinajstić information content (AvgIpc) is 2.46. The van der Waals surface area contributed by atoms with E-state index in [4.69, 9.17) is 5.73 Å². The van der Waals surface area contributed by atoms with Gasteiger partial charge in [-0.2, -0.15) is 9.90 Å². The molecule has 0 aliphatic rings. The monoisotopic (exact) mass is 197 g/mol. The fourth-order valence-corrected chi connectivity index (χ4v) is 0.848. The van der Waals surface area contributed by atoms with Crippen LogP contribution < -0.4 is 11.1 Å². The van der Waals surface area contributed by atoms with Crippen LogP contribution in [0, 0.1) is 0 Å². The summed E-state index contributed by atoms with van der Waals surface area (Å²) in [6.45, 7) is 4.08. The van der Waals surface area contributed by atoms with Crippen LogP contribution in [0.25, 0.3) is 0 Å². The molecule has 1 aromatic heterocycles. The van der Waals surface area contributed by atoms with Crippen molar-refractivity contribution in [3.8, 4) is 0 Å². The Morgan fingerprint density at radius 2 is 2.36 bits per heavy atom. The first-order chi connectivity index (χ1) is 6.38. The molecular formula is C8H15N5O. The van der Waals surface area contributed by atoms with Gasteiger partial charge in [0.1, 0.15) is 0 Å². The maximum Gasteiger partial charge on any atom is 0.273 e. The van der Waals surface area contributed by atoms with Crippen molar-refractivity contribution in [3.63, 3.8) is 0 Å². The maximum atomic E-state index is 11.4. The molecule has 0 spiro atoms. The van der Waals surface area contributed by atoms with Crippen molar-refractivity contribution in [3.05, 3.63) is 11.9 Å². The van der Waals surface area contributed by atoms with Crippen molar-refractivity contribution >= 4 is 5.91 Å². The first-order valence-corrected chi connectivity index (χ1v) is 4.32. The van der Waals surface area contributed by atoms with Crippen LogP contribution in [-0.4, -0.2) is 33.0 Å². The van der Waals surface area contributed by atoms with Gasteiger partial charge in [0.25, 0.3) is 5.91 Å². The standard InChI is InChI=1S/C8H15N5O/c1-8(2,9)5-10-7(14)6-4-11-13(3)12-6/h4H,5,9H2,1-3H3,(H,10,14). The largest absolute Gasteiger partial charge is 0.349 e. The first kappa shape index (κ1) is 10.6. The molecular weight excluding hydrogens is 182 g/mol. The van der Waals surface area contributed by atoms with Crippen LogP contribution >= 0.6 is 0 Å². The summed E-state index contributed by atoms with van der Waals surface area (Å²) < 4.78 is 0. The van der Waals surface area contributed by atoms with Gasteiger partial charge in [0.05, 0.1) is 6.20 Å². The summed E-state index contributed by atoms with van der Waals surface area (Å²) in [6.07, 6.45) is 1.42. The number of hydrogen-bond acceptors (Lipinski definition) is 4. The Bertz CT molecular complexity index is 325. The van der Waals surface area contributed by atoms with Crippen LogP contribution in [0.4, 0.5) is 0 Å². The third-order valence-electron chi connectivity index (χ3n) is 1.54. The lowest BCUT2D eigenvalue weighted by atomic mass is 10.1. The van der Waals surface area contributed by atoms with E-state index in [0.717, 1.165) is 0 Å². The van der Waals surface area contributed by atoms with E-state index < -0.39 is 5.54 Å². The summed E-state index contributed by atoms with van der Waals surface area (Å²) >= 11 is 0. The van der Waals surface area contributed by atoms with Crippen LogP contribution in [0.5, 0.6) is 0 Å². The molecule has 0 bridgehead atoms. The van der Waals surface area contributed by atoms with E-state index in [9.17, 15) is 4.79 Å². The third kappa shape index (κ3) is 3.14. The first-order valence-electron chi connectivity index (χ1n) is 4.32. The van der Waals surface area contributed by atoms with Crippen molar-refractivity contribution in [1.82, 2.24) is 20.3 Å². The molecule has 0 fully saturated rings. The molecule has 1 rings (SSSR count). The van der Waals surface area contributed by atoms with Crippen LogP contribution in [0.2, 0.25) is 0 Å². The Labute approximate surface area is 82.5 Å². The number of hydrogen-bond donors (Lipinski definition) is 2. The van der Waals surface area contributed by atoms with Gasteiger partial charge in [0.15, 0.2) is 5.69 Å². The summed E-state index contributed by atoms with van der Waals surface area (Å²) in [5, 5.41) is 10.3. The van der Waals surface area contributed by atoms with Gasteiger partial charge in [-0.05, 0) is 13.8 Å². The van der Waals surface area contributed by atoms with Crippen LogP contribution in [0.3, 0.4) is 0 Å². The van der Waals surface area contributed by atoms with Crippen LogP contribution in [-0.2, 0) is 7.05 Å². The number of amides is 1. The fraction of sp³-hybridized carbons (Fsp3) is 0.625. The third-order valence-corrected chi connectivity index (χ3v) is 1.54. The molecule has 1 aromatic rings. The molecule has 78 valence electrons. The molecule has 14 heavy (non-hydrogen) atoms. The van der Waals surface area contributed by atoms with Gasteiger partial charge in [-0.25, -0.2) is 0 Å². The Kier molecular flexibility index (Phi) is 2.85. The average molecular weight is 197 g/mol. The van der Waals surface area contributed by atoms with E-state index in [0.29, 0.717) is 12.2 Å². The molecule has 0 unspecified atom stereocenters. The van der Waals surface area contributed by atoms with Gasteiger partial charge in [0, 0.05) is 19.1 Å². The van der Waals surface area contributed by atoms with Crippen molar-refractivity contribution < 1.29 is 4.79 Å². The van der Waals surface area contributed by atoms with Crippen molar-refractivity contribution in [2.45, 2.75) is 19.4 Å². The highest BCUT2D eigenvalue weighted by atomic mass is 16.2. The highest BCUT2D eigenvalue weighted by molar-refractivity contribution is 5.91. The maximum absolute atomic E-state index is 11.4. The number of carbonyl (C=O) groups excluding carboxylic acids is 1. The predicted molar refractivity (Wildman–Crippen MR) is 51.6 cm³/mol. The second-order valence-electron chi connectivity index (χ2n) is 3.89. The zero-order chi connectivity index (χ0) is 10.8. The Morgan fingerprint density at radius 1 is 1.71 bits per heavy atom. The molecule has 0 aliphatic carbocycles. The van der Waals surface area contributed by atoms with Gasteiger partial charge >= 0.3 is 0 Å². The van der Waals surface area contributed by atoms with Gasteiger partial charge in [0.2, 0.25) is 0 Å². The molecule has 0 radical (unpaired) electrons. The van der Waals surface area contributed by atoms with Gasteiger partial charge < -0.3 is 11.1 Å². The smallest absolute Gasteiger partial charge is 0.273 e. The van der Waals surface area contributed by atoms with E-state index in [1.165, 1.54) is 11.0 Å². The van der Waals surface area contributed by atoms with Crippen LogP contribution in [0.15, 0.2) is 6.20 Å². The lowest BCUT2D eigenvalue weighted by Crippen LogP contribution is -2.45. The minimum absolute atomic E-state index is 0.253. The molecule has 0 aromatic carbocycles. The fourth-order valence-electron chi connectivity index (χ4n) is 0.848. The molecule has 6 nitrogen and oxygen atoms in total. The SMILES string of the molecule is Cn1ncc(C(=O)NCC(C)(C)N)n1. The molecule has 6 heteroatoms. The highest BCUT2D eigenvalue weighted by Crippen LogP contribution is 1.95. The molecule has 3 N–H and O–H groups in total. The Balaban J connectivity index is 2.52. The molecule has 1 heterocycles. The van der Waals surface area contributed by atoms with Crippen LogP contribution in [0.1, 0.15) is 24.3 Å². The van der Waals surface area contributed by atoms with E-state index in [-0.39, 0.29) is 5.91 Å².